The van der Waals surface area contributed by atoms with Crippen LogP contribution in [0.25, 0.3) is 0 Å². The Labute approximate surface area is 178 Å². The molecule has 5 nitrogen and oxygen atoms in total. The number of hydrogen-bond donors (Lipinski definition) is 0. The number of amides is 1. The second-order valence-corrected chi connectivity index (χ2v) is 8.60. The van der Waals surface area contributed by atoms with Crippen molar-refractivity contribution in [3.63, 3.8) is 0 Å². The molecule has 0 saturated carbocycles. The van der Waals surface area contributed by atoms with Gasteiger partial charge in [-0.1, -0.05) is 29.8 Å². The molecule has 3 aromatic rings. The fraction of sp³-hybridized carbons (Fsp3) is 0.400. The molecule has 1 aliphatic rings. The minimum atomic E-state index is 0.0814. The molecule has 0 spiro atoms. The number of piperidine rings is 1. The van der Waals surface area contributed by atoms with Crippen molar-refractivity contribution in [2.24, 2.45) is 7.05 Å². The predicted molar refractivity (Wildman–Crippen MR) is 119 cm³/mol. The van der Waals surface area contributed by atoms with E-state index in [0.29, 0.717) is 12.1 Å². The molecule has 3 heterocycles. The Hall–Kier alpha value is -2.95. The Bertz CT molecular complexity index is 1070. The number of carbonyl (C=O) groups is 1. The van der Waals surface area contributed by atoms with Crippen LogP contribution in [0.4, 0.5) is 0 Å². The summed E-state index contributed by atoms with van der Waals surface area (Å²) >= 11 is 0. The molecular formula is C25H30N4O. The number of aromatic nitrogens is 3. The van der Waals surface area contributed by atoms with Gasteiger partial charge >= 0.3 is 0 Å². The molecule has 30 heavy (non-hydrogen) atoms. The largest absolute Gasteiger partial charge is 0.338 e. The topological polar surface area (TPSA) is 51.0 Å². The van der Waals surface area contributed by atoms with E-state index >= 15 is 0 Å². The number of likely N-dealkylation sites (tertiary alicyclic amines) is 1. The third-order valence-corrected chi connectivity index (χ3v) is 5.89. The lowest BCUT2D eigenvalue weighted by atomic mass is 9.92. The van der Waals surface area contributed by atoms with Gasteiger partial charge in [0.05, 0.1) is 11.3 Å². The number of aryl methyl sites for hydroxylation is 4. The van der Waals surface area contributed by atoms with Gasteiger partial charge in [0.25, 0.3) is 5.91 Å². The highest BCUT2D eigenvalue weighted by Gasteiger charge is 2.28. The Kier molecular flexibility index (Phi) is 5.71. The summed E-state index contributed by atoms with van der Waals surface area (Å²) in [5.41, 5.74) is 7.54. The number of nitrogens with zero attached hydrogens (tertiary/aromatic N) is 4. The summed E-state index contributed by atoms with van der Waals surface area (Å²) in [4.78, 5) is 19.9. The summed E-state index contributed by atoms with van der Waals surface area (Å²) < 4.78 is 1.71. The molecule has 1 amide bonds. The molecule has 0 radical (unpaired) electrons. The highest BCUT2D eigenvalue weighted by atomic mass is 16.2. The van der Waals surface area contributed by atoms with Crippen molar-refractivity contribution in [1.82, 2.24) is 19.7 Å². The molecule has 1 saturated heterocycles. The molecule has 2 aromatic heterocycles. The molecular weight excluding hydrogens is 372 g/mol. The van der Waals surface area contributed by atoms with Crippen molar-refractivity contribution in [3.8, 4) is 0 Å². The molecule has 0 N–H and O–H groups in total. The van der Waals surface area contributed by atoms with Crippen molar-refractivity contribution >= 4 is 5.91 Å². The Morgan fingerprint density at radius 1 is 1.13 bits per heavy atom. The van der Waals surface area contributed by atoms with E-state index in [1.54, 1.807) is 4.68 Å². The second-order valence-electron chi connectivity index (χ2n) is 8.60. The van der Waals surface area contributed by atoms with E-state index in [1.165, 1.54) is 16.7 Å². The van der Waals surface area contributed by atoms with E-state index in [1.807, 2.05) is 25.1 Å². The van der Waals surface area contributed by atoms with Crippen LogP contribution in [-0.2, 0) is 13.5 Å². The first-order chi connectivity index (χ1) is 14.4. The van der Waals surface area contributed by atoms with Crippen LogP contribution in [0.2, 0.25) is 0 Å². The van der Waals surface area contributed by atoms with Gasteiger partial charge in [-0.15, -0.1) is 0 Å². The Balaban J connectivity index is 1.54. The van der Waals surface area contributed by atoms with Crippen LogP contribution in [0, 0.1) is 20.8 Å². The maximum Gasteiger partial charge on any atom is 0.257 e. The number of carbonyl (C=O) groups excluding carboxylic acids is 1. The average molecular weight is 403 g/mol. The summed E-state index contributed by atoms with van der Waals surface area (Å²) in [7, 11) is 1.86. The van der Waals surface area contributed by atoms with Gasteiger partial charge in [0.1, 0.15) is 0 Å². The molecule has 1 fully saturated rings. The Morgan fingerprint density at radius 2 is 1.97 bits per heavy atom. The predicted octanol–water partition coefficient (Wildman–Crippen LogP) is 4.35. The van der Waals surface area contributed by atoms with Gasteiger partial charge in [0, 0.05) is 43.6 Å². The van der Waals surface area contributed by atoms with Crippen LogP contribution in [0.3, 0.4) is 0 Å². The van der Waals surface area contributed by atoms with Gasteiger partial charge in [-0.2, -0.15) is 5.10 Å². The Morgan fingerprint density at radius 3 is 2.70 bits per heavy atom. The van der Waals surface area contributed by atoms with Crippen molar-refractivity contribution in [1.29, 1.82) is 0 Å². The zero-order chi connectivity index (χ0) is 21.3. The van der Waals surface area contributed by atoms with Crippen LogP contribution in [0.5, 0.6) is 0 Å². The van der Waals surface area contributed by atoms with Crippen LogP contribution >= 0.6 is 0 Å². The fourth-order valence-corrected chi connectivity index (χ4v) is 4.52. The van der Waals surface area contributed by atoms with Crippen LogP contribution < -0.4 is 0 Å². The summed E-state index contributed by atoms with van der Waals surface area (Å²) in [5, 5.41) is 4.33. The molecule has 1 aliphatic heterocycles. The van der Waals surface area contributed by atoms with Crippen molar-refractivity contribution < 1.29 is 4.79 Å². The molecule has 4 rings (SSSR count). The first-order valence-electron chi connectivity index (χ1n) is 10.7. The zero-order valence-electron chi connectivity index (χ0n) is 18.4. The van der Waals surface area contributed by atoms with Gasteiger partial charge in [0.15, 0.2) is 0 Å². The highest BCUT2D eigenvalue weighted by molar-refractivity contribution is 5.95. The smallest absolute Gasteiger partial charge is 0.257 e. The third-order valence-electron chi connectivity index (χ3n) is 5.89. The number of benzene rings is 1. The zero-order valence-corrected chi connectivity index (χ0v) is 18.4. The molecule has 0 bridgehead atoms. The molecule has 156 valence electrons. The molecule has 1 aromatic carbocycles. The maximum atomic E-state index is 13.1. The minimum Gasteiger partial charge on any atom is -0.338 e. The minimum absolute atomic E-state index is 0.0814. The summed E-state index contributed by atoms with van der Waals surface area (Å²) in [6.45, 7) is 7.60. The lowest BCUT2D eigenvalue weighted by molar-refractivity contribution is 0.0705. The molecule has 5 heteroatoms. The van der Waals surface area contributed by atoms with Crippen molar-refractivity contribution in [2.45, 2.75) is 46.0 Å². The van der Waals surface area contributed by atoms with E-state index in [4.69, 9.17) is 4.98 Å². The fourth-order valence-electron chi connectivity index (χ4n) is 4.52. The van der Waals surface area contributed by atoms with Crippen molar-refractivity contribution in [2.75, 3.05) is 13.1 Å². The second kappa shape index (κ2) is 8.42. The highest BCUT2D eigenvalue weighted by Crippen LogP contribution is 2.28. The van der Waals surface area contributed by atoms with Crippen LogP contribution in [0.1, 0.15) is 62.9 Å². The SMILES string of the molecule is Cc1cccc(Cc2cc(C)nc([C@H]3CCCN(C(=O)c4cn(C)nc4C)C3)c2)c1. The van der Waals surface area contributed by atoms with Gasteiger partial charge in [0.2, 0.25) is 0 Å². The van der Waals surface area contributed by atoms with Crippen LogP contribution in [0.15, 0.2) is 42.6 Å². The van der Waals surface area contributed by atoms with Gasteiger partial charge in [-0.05, 0) is 63.3 Å². The summed E-state index contributed by atoms with van der Waals surface area (Å²) in [5.74, 6) is 0.355. The van der Waals surface area contributed by atoms with Gasteiger partial charge in [-0.3, -0.25) is 14.5 Å². The van der Waals surface area contributed by atoms with Gasteiger partial charge < -0.3 is 4.90 Å². The van der Waals surface area contributed by atoms with E-state index in [0.717, 1.165) is 42.9 Å². The summed E-state index contributed by atoms with van der Waals surface area (Å²) in [6, 6.07) is 13.1. The lowest BCUT2D eigenvalue weighted by Crippen LogP contribution is -2.39. The lowest BCUT2D eigenvalue weighted by Gasteiger charge is -2.32. The first-order valence-corrected chi connectivity index (χ1v) is 10.7. The van der Waals surface area contributed by atoms with E-state index in [-0.39, 0.29) is 11.8 Å². The molecule has 1 atom stereocenters. The van der Waals surface area contributed by atoms with Gasteiger partial charge in [-0.25, -0.2) is 0 Å². The van der Waals surface area contributed by atoms with Crippen LogP contribution in [-0.4, -0.2) is 38.7 Å². The monoisotopic (exact) mass is 402 g/mol. The number of pyridine rings is 1. The normalized spacial score (nSPS) is 16.7. The third kappa shape index (κ3) is 4.45. The van der Waals surface area contributed by atoms with E-state index < -0.39 is 0 Å². The maximum absolute atomic E-state index is 13.1. The molecule has 0 unspecified atom stereocenters. The first kappa shape index (κ1) is 20.3. The van der Waals surface area contributed by atoms with Crippen molar-refractivity contribution in [3.05, 3.63) is 81.9 Å². The van der Waals surface area contributed by atoms with E-state index in [9.17, 15) is 4.79 Å². The van der Waals surface area contributed by atoms with E-state index in [2.05, 4.69) is 55.3 Å². The number of rotatable bonds is 4. The molecule has 0 aliphatic carbocycles. The standard InChI is InChI=1S/C25H30N4O/c1-17-7-5-8-20(11-17)13-21-12-18(2)26-24(14-21)22-9-6-10-29(15-22)25(30)23-16-28(4)27-19(23)3/h5,7-8,11-12,14,16,22H,6,9-10,13,15H2,1-4H3/t22-/m0/s1. The number of hydrogen-bond acceptors (Lipinski definition) is 3. The summed E-state index contributed by atoms with van der Waals surface area (Å²) in [6.07, 6.45) is 4.79. The average Bonchev–Trinajstić information content (AvgIpc) is 3.05. The quantitative estimate of drug-likeness (QED) is 0.652.